The Morgan fingerprint density at radius 2 is 1.95 bits per heavy atom. The highest BCUT2D eigenvalue weighted by molar-refractivity contribution is 7.17. The lowest BCUT2D eigenvalue weighted by atomic mass is 10.0. The first-order valence-electron chi connectivity index (χ1n) is 6.98. The van der Waals surface area contributed by atoms with Gasteiger partial charge < -0.3 is 5.11 Å². The Labute approximate surface area is 127 Å². The molecule has 0 fully saturated rings. The molecule has 104 valence electrons. The number of aliphatic hydroxyl groups excluding tert-OH is 1. The van der Waals surface area contributed by atoms with Gasteiger partial charge in [-0.15, -0.1) is 22.7 Å². The standard InChI is InChI=1S/C17H18OS2/c18-14(5-3-6-15-7-4-10-19-15)11-13-12-20-17-9-2-1-8-16(13)17/h1-2,4,7-10,12,14,18H,3,5-6,11H2. The Morgan fingerprint density at radius 1 is 1.05 bits per heavy atom. The van der Waals surface area contributed by atoms with E-state index in [1.54, 1.807) is 22.7 Å². The van der Waals surface area contributed by atoms with Gasteiger partial charge in [-0.3, -0.25) is 0 Å². The molecular formula is C17H18OS2. The summed E-state index contributed by atoms with van der Waals surface area (Å²) in [6.07, 6.45) is 3.56. The number of aliphatic hydroxyl groups is 1. The molecule has 3 heteroatoms. The third kappa shape index (κ3) is 3.29. The predicted octanol–water partition coefficient (Wildman–Crippen LogP) is 4.89. The molecule has 1 unspecified atom stereocenters. The second-order valence-corrected chi connectivity index (χ2v) is 7.03. The predicted molar refractivity (Wildman–Crippen MR) is 88.8 cm³/mol. The average Bonchev–Trinajstić information content (AvgIpc) is 3.09. The van der Waals surface area contributed by atoms with Gasteiger partial charge >= 0.3 is 0 Å². The van der Waals surface area contributed by atoms with Gasteiger partial charge in [0.05, 0.1) is 6.10 Å². The van der Waals surface area contributed by atoms with E-state index in [9.17, 15) is 5.11 Å². The lowest BCUT2D eigenvalue weighted by Gasteiger charge is -2.09. The topological polar surface area (TPSA) is 20.2 Å². The van der Waals surface area contributed by atoms with E-state index in [4.69, 9.17) is 0 Å². The summed E-state index contributed by atoms with van der Waals surface area (Å²) in [6, 6.07) is 12.7. The van der Waals surface area contributed by atoms with Gasteiger partial charge in [-0.25, -0.2) is 0 Å². The zero-order valence-corrected chi connectivity index (χ0v) is 12.9. The van der Waals surface area contributed by atoms with E-state index in [-0.39, 0.29) is 6.10 Å². The summed E-state index contributed by atoms with van der Waals surface area (Å²) < 4.78 is 1.31. The number of thiophene rings is 2. The first-order valence-corrected chi connectivity index (χ1v) is 8.74. The molecule has 1 N–H and O–H groups in total. The van der Waals surface area contributed by atoms with Crippen molar-refractivity contribution in [2.45, 2.75) is 31.8 Å². The Kier molecular flexibility index (Phi) is 4.51. The fourth-order valence-electron chi connectivity index (χ4n) is 2.51. The van der Waals surface area contributed by atoms with E-state index < -0.39 is 0 Å². The van der Waals surface area contributed by atoms with Gasteiger partial charge in [-0.05, 0) is 59.5 Å². The Hall–Kier alpha value is -1.16. The van der Waals surface area contributed by atoms with Crippen molar-refractivity contribution in [1.29, 1.82) is 0 Å². The highest BCUT2D eigenvalue weighted by Crippen LogP contribution is 2.27. The summed E-state index contributed by atoms with van der Waals surface area (Å²) >= 11 is 3.57. The molecule has 2 heterocycles. The molecule has 0 aliphatic carbocycles. The van der Waals surface area contributed by atoms with E-state index in [2.05, 4.69) is 47.2 Å². The zero-order valence-electron chi connectivity index (χ0n) is 11.3. The molecule has 0 saturated carbocycles. The van der Waals surface area contributed by atoms with Gasteiger partial charge in [-0.1, -0.05) is 24.3 Å². The molecule has 1 nitrogen and oxygen atoms in total. The van der Waals surface area contributed by atoms with Crippen molar-refractivity contribution in [3.8, 4) is 0 Å². The number of aryl methyl sites for hydroxylation is 1. The summed E-state index contributed by atoms with van der Waals surface area (Å²) in [5.41, 5.74) is 1.29. The van der Waals surface area contributed by atoms with Crippen molar-refractivity contribution in [2.75, 3.05) is 0 Å². The number of hydrogen-bond acceptors (Lipinski definition) is 3. The van der Waals surface area contributed by atoms with Crippen LogP contribution in [0, 0.1) is 0 Å². The third-order valence-corrected chi connectivity index (χ3v) is 5.51. The maximum Gasteiger partial charge on any atom is 0.0581 e. The first-order chi connectivity index (χ1) is 9.83. The van der Waals surface area contributed by atoms with Gasteiger partial charge in [0.1, 0.15) is 0 Å². The van der Waals surface area contributed by atoms with Gasteiger partial charge in [0.15, 0.2) is 0 Å². The van der Waals surface area contributed by atoms with Crippen molar-refractivity contribution < 1.29 is 5.11 Å². The van der Waals surface area contributed by atoms with Gasteiger partial charge in [0.2, 0.25) is 0 Å². The average molecular weight is 302 g/mol. The monoisotopic (exact) mass is 302 g/mol. The Morgan fingerprint density at radius 3 is 2.80 bits per heavy atom. The molecular weight excluding hydrogens is 284 g/mol. The van der Waals surface area contributed by atoms with E-state index in [1.165, 1.54) is 20.5 Å². The molecule has 2 aromatic heterocycles. The number of hydrogen-bond donors (Lipinski definition) is 1. The largest absolute Gasteiger partial charge is 0.393 e. The minimum absolute atomic E-state index is 0.229. The van der Waals surface area contributed by atoms with Gasteiger partial charge in [-0.2, -0.15) is 0 Å². The maximum atomic E-state index is 10.2. The van der Waals surface area contributed by atoms with Crippen molar-refractivity contribution in [2.24, 2.45) is 0 Å². The molecule has 0 saturated heterocycles. The molecule has 20 heavy (non-hydrogen) atoms. The molecule has 3 rings (SSSR count). The van der Waals surface area contributed by atoms with Crippen LogP contribution in [-0.4, -0.2) is 11.2 Å². The summed E-state index contributed by atoms with van der Waals surface area (Å²) in [7, 11) is 0. The molecule has 0 bridgehead atoms. The fraction of sp³-hybridized carbons (Fsp3) is 0.294. The van der Waals surface area contributed by atoms with Crippen LogP contribution in [0.2, 0.25) is 0 Å². The minimum atomic E-state index is -0.229. The van der Waals surface area contributed by atoms with Crippen LogP contribution in [0.5, 0.6) is 0 Å². The fourth-order valence-corrected chi connectivity index (χ4v) is 4.24. The first kappa shape index (κ1) is 13.8. The normalized spacial score (nSPS) is 12.8. The van der Waals surface area contributed by atoms with Crippen LogP contribution >= 0.6 is 22.7 Å². The zero-order chi connectivity index (χ0) is 13.8. The van der Waals surface area contributed by atoms with Crippen LogP contribution in [0.3, 0.4) is 0 Å². The molecule has 3 aromatic rings. The van der Waals surface area contributed by atoms with Crippen molar-refractivity contribution in [1.82, 2.24) is 0 Å². The van der Waals surface area contributed by atoms with E-state index >= 15 is 0 Å². The van der Waals surface area contributed by atoms with Crippen LogP contribution in [0.1, 0.15) is 23.3 Å². The van der Waals surface area contributed by atoms with E-state index in [0.717, 1.165) is 25.7 Å². The number of fused-ring (bicyclic) bond motifs is 1. The van der Waals surface area contributed by atoms with Crippen molar-refractivity contribution in [3.63, 3.8) is 0 Å². The van der Waals surface area contributed by atoms with Crippen LogP contribution in [0.4, 0.5) is 0 Å². The lowest BCUT2D eigenvalue weighted by molar-refractivity contribution is 0.162. The van der Waals surface area contributed by atoms with Crippen molar-refractivity contribution >= 4 is 32.8 Å². The molecule has 1 atom stereocenters. The summed E-state index contributed by atoms with van der Waals surface area (Å²) in [4.78, 5) is 1.41. The SMILES string of the molecule is OC(CCCc1cccs1)Cc1csc2ccccc12. The quantitative estimate of drug-likeness (QED) is 0.687. The third-order valence-electron chi connectivity index (χ3n) is 3.56. The van der Waals surface area contributed by atoms with E-state index in [0.29, 0.717) is 0 Å². The van der Waals surface area contributed by atoms with Gasteiger partial charge in [0.25, 0.3) is 0 Å². The highest BCUT2D eigenvalue weighted by atomic mass is 32.1. The smallest absolute Gasteiger partial charge is 0.0581 e. The molecule has 0 amide bonds. The molecule has 0 radical (unpaired) electrons. The van der Waals surface area contributed by atoms with Crippen LogP contribution < -0.4 is 0 Å². The molecule has 0 aliphatic heterocycles. The molecule has 1 aromatic carbocycles. The number of benzene rings is 1. The van der Waals surface area contributed by atoms with Crippen LogP contribution in [-0.2, 0) is 12.8 Å². The summed E-state index contributed by atoms with van der Waals surface area (Å²) in [5.74, 6) is 0. The summed E-state index contributed by atoms with van der Waals surface area (Å²) in [6.45, 7) is 0. The maximum absolute atomic E-state index is 10.2. The van der Waals surface area contributed by atoms with Gasteiger partial charge in [0, 0.05) is 9.58 Å². The Bertz CT molecular complexity index is 655. The van der Waals surface area contributed by atoms with E-state index in [1.807, 2.05) is 0 Å². The van der Waals surface area contributed by atoms with Crippen LogP contribution in [0.15, 0.2) is 47.2 Å². The highest BCUT2D eigenvalue weighted by Gasteiger charge is 2.10. The number of rotatable bonds is 6. The second kappa shape index (κ2) is 6.53. The molecule has 0 spiro atoms. The molecule has 0 aliphatic rings. The summed E-state index contributed by atoms with van der Waals surface area (Å²) in [5, 5.41) is 15.8. The second-order valence-electron chi connectivity index (χ2n) is 5.09. The van der Waals surface area contributed by atoms with Crippen LogP contribution in [0.25, 0.3) is 10.1 Å². The Balaban J connectivity index is 1.54. The lowest BCUT2D eigenvalue weighted by Crippen LogP contribution is -2.10. The van der Waals surface area contributed by atoms with Crippen molar-refractivity contribution in [3.05, 3.63) is 57.6 Å². The minimum Gasteiger partial charge on any atom is -0.393 e.